The van der Waals surface area contributed by atoms with E-state index in [0.29, 0.717) is 37.9 Å². The molecule has 3 heterocycles. The number of carbonyl (C=O) groups is 2. The van der Waals surface area contributed by atoms with Crippen LogP contribution in [-0.4, -0.2) is 63.6 Å². The highest BCUT2D eigenvalue weighted by Crippen LogP contribution is 2.38. The molecular formula is C21H35N5O5. The number of ether oxygens (including phenoxy) is 1. The van der Waals surface area contributed by atoms with Crippen LogP contribution < -0.4 is 5.32 Å². The molecule has 10 heteroatoms. The summed E-state index contributed by atoms with van der Waals surface area (Å²) in [6.45, 7) is 9.30. The summed E-state index contributed by atoms with van der Waals surface area (Å²) in [6.07, 6.45) is 5.38. The van der Waals surface area contributed by atoms with Crippen molar-refractivity contribution in [3.63, 3.8) is 0 Å². The van der Waals surface area contributed by atoms with Gasteiger partial charge in [-0.1, -0.05) is 13.3 Å². The number of unbranched alkanes of at least 4 members (excludes halogenated alkanes) is 2. The van der Waals surface area contributed by atoms with Gasteiger partial charge in [0.05, 0.1) is 12.6 Å². The van der Waals surface area contributed by atoms with Crippen LogP contribution in [0.4, 0.5) is 9.59 Å². The lowest BCUT2D eigenvalue weighted by atomic mass is 10.0. The van der Waals surface area contributed by atoms with Gasteiger partial charge < -0.3 is 19.4 Å². The normalized spacial score (nSPS) is 21.0. The van der Waals surface area contributed by atoms with Crippen molar-refractivity contribution in [2.75, 3.05) is 19.7 Å². The molecule has 2 aliphatic rings. The van der Waals surface area contributed by atoms with Gasteiger partial charge in [-0.25, -0.2) is 9.59 Å². The fourth-order valence-electron chi connectivity index (χ4n) is 3.77. The van der Waals surface area contributed by atoms with Crippen LogP contribution >= 0.6 is 0 Å². The zero-order valence-electron chi connectivity index (χ0n) is 19.1. The van der Waals surface area contributed by atoms with Gasteiger partial charge in [-0.2, -0.15) is 5.06 Å². The van der Waals surface area contributed by atoms with E-state index in [1.165, 1.54) is 5.06 Å². The number of nitrogens with zero attached hydrogens (tertiary/aromatic N) is 4. The third-order valence-electron chi connectivity index (χ3n) is 5.30. The first-order valence-corrected chi connectivity index (χ1v) is 11.3. The Kier molecular flexibility index (Phi) is 7.74. The fourth-order valence-corrected chi connectivity index (χ4v) is 3.77. The summed E-state index contributed by atoms with van der Waals surface area (Å²) in [5.74, 6) is 1.04. The van der Waals surface area contributed by atoms with Crippen molar-refractivity contribution in [1.29, 1.82) is 0 Å². The van der Waals surface area contributed by atoms with E-state index in [1.807, 2.05) is 20.8 Å². The SMILES string of the molecule is CCCCON1C(=O)N2C[C@@H]1CC[C@H]2c1nnc(CCCCNC(=O)OC(C)(C)C)o1. The molecule has 10 nitrogen and oxygen atoms in total. The molecule has 2 fully saturated rings. The number of hydrogen-bond donors (Lipinski definition) is 1. The quantitative estimate of drug-likeness (QED) is 0.557. The van der Waals surface area contributed by atoms with Gasteiger partial charge in [-0.15, -0.1) is 10.2 Å². The molecular weight excluding hydrogens is 402 g/mol. The first kappa shape index (κ1) is 23.3. The molecule has 0 saturated carbocycles. The molecule has 0 aliphatic carbocycles. The molecule has 0 aromatic carbocycles. The van der Waals surface area contributed by atoms with E-state index in [9.17, 15) is 9.59 Å². The molecule has 1 N–H and O–H groups in total. The minimum absolute atomic E-state index is 0.0977. The van der Waals surface area contributed by atoms with E-state index in [1.54, 1.807) is 4.90 Å². The molecule has 1 aromatic heterocycles. The lowest BCUT2D eigenvalue weighted by Gasteiger charge is -2.27. The van der Waals surface area contributed by atoms with E-state index in [-0.39, 0.29) is 18.1 Å². The van der Waals surface area contributed by atoms with Crippen LogP contribution in [0.3, 0.4) is 0 Å². The average Bonchev–Trinajstić information content (AvgIpc) is 3.26. The van der Waals surface area contributed by atoms with Crippen molar-refractivity contribution in [3.05, 3.63) is 11.8 Å². The number of aryl methyl sites for hydroxylation is 1. The fraction of sp³-hybridized carbons (Fsp3) is 0.810. The first-order valence-electron chi connectivity index (χ1n) is 11.3. The first-order chi connectivity index (χ1) is 14.8. The third kappa shape index (κ3) is 6.32. The number of alkyl carbamates (subject to hydrolysis) is 1. The number of amides is 3. The van der Waals surface area contributed by atoms with Crippen molar-refractivity contribution in [2.24, 2.45) is 0 Å². The van der Waals surface area contributed by atoms with Crippen molar-refractivity contribution in [1.82, 2.24) is 25.5 Å². The second kappa shape index (κ2) is 10.3. The van der Waals surface area contributed by atoms with Crippen molar-refractivity contribution < 1.29 is 23.6 Å². The molecule has 3 amide bonds. The standard InChI is InChI=1S/C21H35N5O5/c1-5-6-13-29-26-15-10-11-16(25(14-15)20(26)28)18-24-23-17(30-18)9-7-8-12-22-19(27)31-21(2,3)4/h15-16H,5-14H2,1-4H3,(H,22,27)/t15-,16-/m0/s1. The lowest BCUT2D eigenvalue weighted by Crippen LogP contribution is -2.34. The van der Waals surface area contributed by atoms with Gasteiger partial charge in [0.15, 0.2) is 0 Å². The van der Waals surface area contributed by atoms with E-state index >= 15 is 0 Å². The van der Waals surface area contributed by atoms with Gasteiger partial charge in [0, 0.05) is 19.5 Å². The molecule has 0 spiro atoms. The van der Waals surface area contributed by atoms with Crippen LogP contribution in [0, 0.1) is 0 Å². The highest BCUT2D eigenvalue weighted by atomic mass is 16.7. The number of carbonyl (C=O) groups excluding carboxylic acids is 2. The summed E-state index contributed by atoms with van der Waals surface area (Å²) in [4.78, 5) is 31.9. The molecule has 0 unspecified atom stereocenters. The predicted molar refractivity (Wildman–Crippen MR) is 112 cm³/mol. The zero-order valence-corrected chi connectivity index (χ0v) is 19.1. The minimum Gasteiger partial charge on any atom is -0.444 e. The van der Waals surface area contributed by atoms with Gasteiger partial charge in [-0.3, -0.25) is 4.84 Å². The summed E-state index contributed by atoms with van der Waals surface area (Å²) in [5.41, 5.74) is -0.501. The van der Waals surface area contributed by atoms with Crippen molar-refractivity contribution in [2.45, 2.75) is 90.3 Å². The van der Waals surface area contributed by atoms with Gasteiger partial charge in [-0.05, 0) is 52.9 Å². The Labute approximate surface area is 183 Å². The molecule has 2 atom stereocenters. The number of aromatic nitrogens is 2. The molecule has 2 bridgehead atoms. The molecule has 2 aliphatic heterocycles. The lowest BCUT2D eigenvalue weighted by molar-refractivity contribution is -0.130. The van der Waals surface area contributed by atoms with E-state index in [4.69, 9.17) is 14.0 Å². The Balaban J connectivity index is 1.43. The summed E-state index contributed by atoms with van der Waals surface area (Å²) in [6, 6.07) is -0.212. The molecule has 2 saturated heterocycles. The largest absolute Gasteiger partial charge is 0.444 e. The minimum atomic E-state index is -0.501. The molecule has 1 aromatic rings. The Morgan fingerprint density at radius 1 is 1.23 bits per heavy atom. The number of rotatable bonds is 10. The second-order valence-electron chi connectivity index (χ2n) is 9.11. The topological polar surface area (TPSA) is 110 Å². The Bertz CT molecular complexity index is 747. The summed E-state index contributed by atoms with van der Waals surface area (Å²) < 4.78 is 11.1. The summed E-state index contributed by atoms with van der Waals surface area (Å²) in [5, 5.41) is 12.6. The monoisotopic (exact) mass is 437 g/mol. The van der Waals surface area contributed by atoms with Gasteiger partial charge in [0.2, 0.25) is 11.8 Å². The van der Waals surface area contributed by atoms with Crippen LogP contribution in [-0.2, 0) is 16.0 Å². The molecule has 0 radical (unpaired) electrons. The Hall–Kier alpha value is -2.36. The maximum Gasteiger partial charge on any atom is 0.407 e. The smallest absolute Gasteiger partial charge is 0.407 e. The highest BCUT2D eigenvalue weighted by molar-refractivity contribution is 5.77. The van der Waals surface area contributed by atoms with E-state index in [0.717, 1.165) is 38.5 Å². The zero-order chi connectivity index (χ0) is 22.4. The molecule has 31 heavy (non-hydrogen) atoms. The van der Waals surface area contributed by atoms with E-state index < -0.39 is 11.7 Å². The maximum absolute atomic E-state index is 12.7. The second-order valence-corrected chi connectivity index (χ2v) is 9.11. The Morgan fingerprint density at radius 2 is 2.03 bits per heavy atom. The number of urea groups is 1. The van der Waals surface area contributed by atoms with Crippen LogP contribution in [0.25, 0.3) is 0 Å². The van der Waals surface area contributed by atoms with E-state index in [2.05, 4.69) is 22.4 Å². The van der Waals surface area contributed by atoms with Crippen LogP contribution in [0.5, 0.6) is 0 Å². The highest BCUT2D eigenvalue weighted by Gasteiger charge is 2.47. The van der Waals surface area contributed by atoms with Gasteiger partial charge in [0.1, 0.15) is 11.6 Å². The number of piperidine rings is 1. The maximum atomic E-state index is 12.7. The Morgan fingerprint density at radius 3 is 2.77 bits per heavy atom. The number of hydrogen-bond acceptors (Lipinski definition) is 7. The van der Waals surface area contributed by atoms with Crippen molar-refractivity contribution >= 4 is 12.1 Å². The van der Waals surface area contributed by atoms with Gasteiger partial charge in [0.25, 0.3) is 0 Å². The molecule has 3 rings (SSSR count). The van der Waals surface area contributed by atoms with Crippen LogP contribution in [0.2, 0.25) is 0 Å². The number of nitrogens with one attached hydrogen (secondary N) is 1. The number of fused-ring (bicyclic) bond motifs is 2. The average molecular weight is 438 g/mol. The third-order valence-corrected chi connectivity index (χ3v) is 5.30. The van der Waals surface area contributed by atoms with Crippen LogP contribution in [0.1, 0.15) is 84.0 Å². The predicted octanol–water partition coefficient (Wildman–Crippen LogP) is 3.59. The van der Waals surface area contributed by atoms with Crippen LogP contribution in [0.15, 0.2) is 4.42 Å². The summed E-state index contributed by atoms with van der Waals surface area (Å²) in [7, 11) is 0. The van der Waals surface area contributed by atoms with Crippen molar-refractivity contribution in [3.8, 4) is 0 Å². The summed E-state index contributed by atoms with van der Waals surface area (Å²) >= 11 is 0. The number of hydroxylamine groups is 2. The molecule has 174 valence electrons. The van der Waals surface area contributed by atoms with Gasteiger partial charge >= 0.3 is 12.1 Å².